The quantitative estimate of drug-likeness (QED) is 0.749. The van der Waals surface area contributed by atoms with E-state index in [0.717, 1.165) is 10.8 Å². The minimum atomic E-state index is -0.569. The Balaban J connectivity index is 1.97. The van der Waals surface area contributed by atoms with Crippen LogP contribution in [-0.4, -0.2) is 10.9 Å². The maximum Gasteiger partial charge on any atom is 0.258 e. The highest BCUT2D eigenvalue weighted by Crippen LogP contribution is 2.23. The fourth-order valence-corrected chi connectivity index (χ4v) is 2.42. The Kier molecular flexibility index (Phi) is 3.66. The van der Waals surface area contributed by atoms with E-state index in [-0.39, 0.29) is 5.56 Å². The maximum absolute atomic E-state index is 13.8. The molecule has 0 bridgehead atoms. The molecule has 21 heavy (non-hydrogen) atoms. The van der Waals surface area contributed by atoms with E-state index in [1.807, 2.05) is 18.2 Å². The molecule has 1 amide bonds. The molecule has 0 spiro atoms. The topological polar surface area (TPSA) is 42.0 Å². The zero-order valence-corrected chi connectivity index (χ0v) is 12.4. The van der Waals surface area contributed by atoms with Gasteiger partial charge in [-0.3, -0.25) is 9.78 Å². The molecule has 0 atom stereocenters. The molecule has 0 saturated carbocycles. The number of nitrogens with one attached hydrogen (secondary N) is 1. The van der Waals surface area contributed by atoms with Crippen LogP contribution >= 0.6 is 15.9 Å². The molecule has 0 aliphatic heterocycles. The summed E-state index contributed by atoms with van der Waals surface area (Å²) >= 11 is 3.16. The third kappa shape index (κ3) is 2.78. The zero-order chi connectivity index (χ0) is 14.8. The lowest BCUT2D eigenvalue weighted by Crippen LogP contribution is -2.14. The van der Waals surface area contributed by atoms with Crippen LogP contribution in [0.15, 0.2) is 59.3 Å². The van der Waals surface area contributed by atoms with Gasteiger partial charge in [-0.2, -0.15) is 0 Å². The summed E-state index contributed by atoms with van der Waals surface area (Å²) in [5, 5.41) is 4.50. The highest BCUT2D eigenvalue weighted by Gasteiger charge is 2.13. The van der Waals surface area contributed by atoms with Crippen LogP contribution in [0.2, 0.25) is 0 Å². The van der Waals surface area contributed by atoms with Crippen molar-refractivity contribution in [1.82, 2.24) is 4.98 Å². The lowest BCUT2D eigenvalue weighted by Gasteiger charge is -2.09. The van der Waals surface area contributed by atoms with Crippen molar-refractivity contribution in [1.29, 1.82) is 0 Å². The molecule has 1 N–H and O–H groups in total. The van der Waals surface area contributed by atoms with Crippen molar-refractivity contribution in [2.75, 3.05) is 5.32 Å². The number of carbonyl (C=O) groups excluding carboxylic acids is 1. The smallest absolute Gasteiger partial charge is 0.258 e. The van der Waals surface area contributed by atoms with Crippen LogP contribution in [0.5, 0.6) is 0 Å². The largest absolute Gasteiger partial charge is 0.321 e. The standard InChI is InChI=1S/C16H10BrFN2O/c17-11-4-5-12(14(18)8-11)16(21)20-15-3-1-2-10-6-7-19-9-13(10)15/h1-9H,(H,20,21). The number of nitrogens with zero attached hydrogens (tertiary/aromatic N) is 1. The molecule has 0 unspecified atom stereocenters. The first-order chi connectivity index (χ1) is 10.1. The van der Waals surface area contributed by atoms with Gasteiger partial charge >= 0.3 is 0 Å². The first-order valence-corrected chi connectivity index (χ1v) is 7.03. The minimum absolute atomic E-state index is 0.000839. The molecule has 0 radical (unpaired) electrons. The Bertz CT molecular complexity index is 830. The SMILES string of the molecule is O=C(Nc1cccc2ccncc12)c1ccc(Br)cc1F. The van der Waals surface area contributed by atoms with Crippen LogP contribution in [-0.2, 0) is 0 Å². The van der Waals surface area contributed by atoms with Gasteiger partial charge in [-0.05, 0) is 35.7 Å². The summed E-state index contributed by atoms with van der Waals surface area (Å²) in [4.78, 5) is 16.3. The van der Waals surface area contributed by atoms with Gasteiger partial charge in [0.05, 0.1) is 11.3 Å². The molecule has 2 aromatic carbocycles. The average Bonchev–Trinajstić information content (AvgIpc) is 2.47. The molecule has 3 aromatic rings. The predicted molar refractivity (Wildman–Crippen MR) is 83.8 cm³/mol. The molecule has 3 rings (SSSR count). The fourth-order valence-electron chi connectivity index (χ4n) is 2.09. The van der Waals surface area contributed by atoms with Crippen molar-refractivity contribution in [2.45, 2.75) is 0 Å². The summed E-state index contributed by atoms with van der Waals surface area (Å²) in [5.74, 6) is -1.06. The second-order valence-electron chi connectivity index (χ2n) is 4.48. The zero-order valence-electron chi connectivity index (χ0n) is 10.8. The summed E-state index contributed by atoms with van der Waals surface area (Å²) < 4.78 is 14.4. The molecule has 5 heteroatoms. The minimum Gasteiger partial charge on any atom is -0.321 e. The lowest BCUT2D eigenvalue weighted by atomic mass is 10.1. The van der Waals surface area contributed by atoms with Crippen LogP contribution in [0, 0.1) is 5.82 Å². The van der Waals surface area contributed by atoms with Crippen molar-refractivity contribution >= 4 is 38.3 Å². The second-order valence-corrected chi connectivity index (χ2v) is 5.40. The summed E-state index contributed by atoms with van der Waals surface area (Å²) in [5.41, 5.74) is 0.604. The van der Waals surface area contributed by atoms with Crippen LogP contribution in [0.1, 0.15) is 10.4 Å². The molecule has 104 valence electrons. The van der Waals surface area contributed by atoms with Crippen molar-refractivity contribution in [3.05, 3.63) is 70.7 Å². The first-order valence-electron chi connectivity index (χ1n) is 6.24. The molecule has 0 aliphatic rings. The van der Waals surface area contributed by atoms with E-state index in [0.29, 0.717) is 10.2 Å². The third-order valence-electron chi connectivity index (χ3n) is 3.11. The van der Waals surface area contributed by atoms with Gasteiger partial charge in [0.25, 0.3) is 5.91 Å². The predicted octanol–water partition coefficient (Wildman–Crippen LogP) is 4.39. The molecule has 1 aromatic heterocycles. The summed E-state index contributed by atoms with van der Waals surface area (Å²) in [6.07, 6.45) is 3.35. The number of carbonyl (C=O) groups is 1. The average molecular weight is 345 g/mol. The van der Waals surface area contributed by atoms with E-state index in [2.05, 4.69) is 26.2 Å². The van der Waals surface area contributed by atoms with Gasteiger partial charge in [-0.1, -0.05) is 28.1 Å². The van der Waals surface area contributed by atoms with Gasteiger partial charge in [0.2, 0.25) is 0 Å². The molecule has 3 nitrogen and oxygen atoms in total. The Hall–Kier alpha value is -2.27. The number of fused-ring (bicyclic) bond motifs is 1. The molecule has 1 heterocycles. The van der Waals surface area contributed by atoms with Crippen LogP contribution in [0.3, 0.4) is 0 Å². The number of aromatic nitrogens is 1. The summed E-state index contributed by atoms with van der Waals surface area (Å²) in [6.45, 7) is 0. The number of hydrogen-bond acceptors (Lipinski definition) is 2. The molecule has 0 saturated heterocycles. The number of benzene rings is 2. The molecule has 0 aliphatic carbocycles. The van der Waals surface area contributed by atoms with Crippen molar-refractivity contribution in [3.8, 4) is 0 Å². The van der Waals surface area contributed by atoms with Gasteiger partial charge in [-0.15, -0.1) is 0 Å². The lowest BCUT2D eigenvalue weighted by molar-refractivity contribution is 0.102. The highest BCUT2D eigenvalue weighted by atomic mass is 79.9. The van der Waals surface area contributed by atoms with E-state index in [4.69, 9.17) is 0 Å². The van der Waals surface area contributed by atoms with Gasteiger partial charge < -0.3 is 5.32 Å². The highest BCUT2D eigenvalue weighted by molar-refractivity contribution is 9.10. The van der Waals surface area contributed by atoms with Gasteiger partial charge in [0.1, 0.15) is 5.82 Å². The van der Waals surface area contributed by atoms with Crippen molar-refractivity contribution < 1.29 is 9.18 Å². The second kappa shape index (κ2) is 5.61. The van der Waals surface area contributed by atoms with Crippen LogP contribution < -0.4 is 5.32 Å². The monoisotopic (exact) mass is 344 g/mol. The number of anilines is 1. The molecule has 0 fully saturated rings. The van der Waals surface area contributed by atoms with E-state index in [1.54, 1.807) is 24.5 Å². The Morgan fingerprint density at radius 2 is 2.05 bits per heavy atom. The summed E-state index contributed by atoms with van der Waals surface area (Å²) in [6, 6.07) is 11.7. The Morgan fingerprint density at radius 3 is 2.86 bits per heavy atom. The number of pyridine rings is 1. The fraction of sp³-hybridized carbons (Fsp3) is 0. The third-order valence-corrected chi connectivity index (χ3v) is 3.60. The maximum atomic E-state index is 13.8. The van der Waals surface area contributed by atoms with E-state index < -0.39 is 11.7 Å². The van der Waals surface area contributed by atoms with Crippen LogP contribution in [0.25, 0.3) is 10.8 Å². The number of rotatable bonds is 2. The van der Waals surface area contributed by atoms with E-state index in [9.17, 15) is 9.18 Å². The van der Waals surface area contributed by atoms with E-state index in [1.165, 1.54) is 12.1 Å². The van der Waals surface area contributed by atoms with Crippen molar-refractivity contribution in [3.63, 3.8) is 0 Å². The van der Waals surface area contributed by atoms with Gasteiger partial charge in [-0.25, -0.2) is 4.39 Å². The summed E-state index contributed by atoms with van der Waals surface area (Å²) in [7, 11) is 0. The first kappa shape index (κ1) is 13.7. The van der Waals surface area contributed by atoms with Gasteiger partial charge in [0.15, 0.2) is 0 Å². The normalized spacial score (nSPS) is 10.6. The van der Waals surface area contributed by atoms with Crippen LogP contribution in [0.4, 0.5) is 10.1 Å². The Morgan fingerprint density at radius 1 is 1.19 bits per heavy atom. The molecular formula is C16H10BrFN2O. The van der Waals surface area contributed by atoms with Crippen molar-refractivity contribution in [2.24, 2.45) is 0 Å². The number of hydrogen-bond donors (Lipinski definition) is 1. The van der Waals surface area contributed by atoms with Gasteiger partial charge in [0, 0.05) is 22.3 Å². The Labute approximate surface area is 128 Å². The van der Waals surface area contributed by atoms with E-state index >= 15 is 0 Å². The number of amides is 1. The molecular weight excluding hydrogens is 335 g/mol. The number of halogens is 2.